The van der Waals surface area contributed by atoms with Crippen LogP contribution in [0.25, 0.3) is 32.7 Å². The number of rotatable bonds is 9. The molecule has 0 saturated carbocycles. The first kappa shape index (κ1) is 37.7. The van der Waals surface area contributed by atoms with Crippen LogP contribution in [0.3, 0.4) is 0 Å². The molecule has 0 atom stereocenters. The lowest BCUT2D eigenvalue weighted by atomic mass is 9.83. The first-order chi connectivity index (χ1) is 25.7. The number of aryl methyl sites for hydroxylation is 4. The number of nitrogens with zero attached hydrogens (tertiary/aromatic N) is 2. The van der Waals surface area contributed by atoms with Gasteiger partial charge in [0.05, 0.1) is 22.5 Å². The van der Waals surface area contributed by atoms with Crippen molar-refractivity contribution in [2.75, 3.05) is 0 Å². The molecule has 0 aliphatic rings. The number of fused-ring (bicyclic) bond motifs is 2. The number of benzene rings is 6. The van der Waals surface area contributed by atoms with Crippen LogP contribution in [0.4, 0.5) is 11.4 Å². The number of para-hydroxylation sites is 2. The molecule has 0 spiro atoms. The Labute approximate surface area is 316 Å². The van der Waals surface area contributed by atoms with Gasteiger partial charge in [-0.25, -0.2) is 0 Å². The average molecular weight is 725 g/mol. The van der Waals surface area contributed by atoms with Gasteiger partial charge < -0.3 is 30.6 Å². The normalized spacial score (nSPS) is 12.1. The van der Waals surface area contributed by atoms with Gasteiger partial charge in [-0.2, -0.15) is 0 Å². The molecule has 0 aliphatic carbocycles. The maximum atomic E-state index is 12.4. The van der Waals surface area contributed by atoms with E-state index < -0.39 is 11.5 Å². The Bertz CT molecular complexity index is 2340. The fourth-order valence-corrected chi connectivity index (χ4v) is 7.76. The van der Waals surface area contributed by atoms with Gasteiger partial charge in [0.15, 0.2) is 23.0 Å². The maximum Gasteiger partial charge on any atom is 0.167 e. The SMILES string of the molecule is CCc1ccccc1N=Cc1c(O)c(O)c(C(C)C)c2cc(C)c(-c3c(C)cc4c(C(C)C)c(O)c(O)c(C=Nc5ccccc5CC)c4c3O)c(O)c12. The number of phenolic OH excluding ortho intramolecular Hbond substituents is 6. The van der Waals surface area contributed by atoms with Crippen LogP contribution in [0.1, 0.15) is 97.9 Å². The second kappa shape index (κ2) is 14.8. The van der Waals surface area contributed by atoms with E-state index in [0.29, 0.717) is 55.5 Å². The predicted octanol–water partition coefficient (Wildman–Crippen LogP) is 11.4. The lowest BCUT2D eigenvalue weighted by Gasteiger charge is -2.23. The summed E-state index contributed by atoms with van der Waals surface area (Å²) in [6.07, 6.45) is 4.38. The fraction of sp³-hybridized carbons (Fsp3) is 0.261. The molecule has 54 heavy (non-hydrogen) atoms. The van der Waals surface area contributed by atoms with Crippen molar-refractivity contribution in [2.24, 2.45) is 9.98 Å². The second-order valence-corrected chi connectivity index (χ2v) is 14.5. The lowest BCUT2D eigenvalue weighted by molar-refractivity contribution is 0.398. The van der Waals surface area contributed by atoms with Gasteiger partial charge >= 0.3 is 0 Å². The summed E-state index contributed by atoms with van der Waals surface area (Å²) in [5.74, 6) is -2.30. The zero-order valence-corrected chi connectivity index (χ0v) is 32.1. The minimum absolute atomic E-state index is 0.126. The molecule has 0 amide bonds. The van der Waals surface area contributed by atoms with Crippen molar-refractivity contribution < 1.29 is 30.6 Å². The van der Waals surface area contributed by atoms with Gasteiger partial charge in [0.25, 0.3) is 0 Å². The molecule has 278 valence electrons. The molecule has 0 aliphatic heterocycles. The largest absolute Gasteiger partial charge is 0.507 e. The first-order valence-corrected chi connectivity index (χ1v) is 18.5. The van der Waals surface area contributed by atoms with E-state index >= 15 is 0 Å². The van der Waals surface area contributed by atoms with E-state index in [-0.39, 0.29) is 56.7 Å². The van der Waals surface area contributed by atoms with Crippen LogP contribution < -0.4 is 0 Å². The molecule has 0 bridgehead atoms. The van der Waals surface area contributed by atoms with Crippen LogP contribution in [-0.4, -0.2) is 43.1 Å². The highest BCUT2D eigenvalue weighted by Gasteiger charge is 2.29. The third-order valence-corrected chi connectivity index (χ3v) is 10.4. The molecular weight excluding hydrogens is 677 g/mol. The van der Waals surface area contributed by atoms with Gasteiger partial charge in [0, 0.05) is 45.5 Å². The van der Waals surface area contributed by atoms with Gasteiger partial charge in [-0.15, -0.1) is 0 Å². The molecule has 0 heterocycles. The quantitative estimate of drug-likeness (QED) is 0.0646. The second-order valence-electron chi connectivity index (χ2n) is 14.5. The molecule has 8 heteroatoms. The Hall–Kier alpha value is -6.02. The average Bonchev–Trinajstić information content (AvgIpc) is 3.13. The van der Waals surface area contributed by atoms with E-state index in [1.54, 1.807) is 0 Å². The van der Waals surface area contributed by atoms with E-state index in [9.17, 15) is 30.6 Å². The molecule has 0 aromatic heterocycles. The van der Waals surface area contributed by atoms with E-state index in [2.05, 4.69) is 0 Å². The summed E-state index contributed by atoms with van der Waals surface area (Å²) in [6.45, 7) is 15.3. The Morgan fingerprint density at radius 2 is 0.870 bits per heavy atom. The van der Waals surface area contributed by atoms with Crippen molar-refractivity contribution in [3.8, 4) is 45.6 Å². The first-order valence-electron chi connectivity index (χ1n) is 18.5. The number of aliphatic imine (C=N–C) groups is 2. The number of hydrogen-bond acceptors (Lipinski definition) is 8. The Morgan fingerprint density at radius 3 is 1.20 bits per heavy atom. The summed E-state index contributed by atoms with van der Waals surface area (Å²) in [5, 5.41) is 72.2. The third kappa shape index (κ3) is 6.25. The van der Waals surface area contributed by atoms with Crippen LogP contribution in [0.15, 0.2) is 70.6 Å². The summed E-state index contributed by atoms with van der Waals surface area (Å²) >= 11 is 0. The molecule has 0 fully saturated rings. The van der Waals surface area contributed by atoms with E-state index in [1.807, 2.05) is 116 Å². The maximum absolute atomic E-state index is 12.4. The predicted molar refractivity (Wildman–Crippen MR) is 221 cm³/mol. The van der Waals surface area contributed by atoms with E-state index in [4.69, 9.17) is 9.98 Å². The van der Waals surface area contributed by atoms with Gasteiger partial charge in [0.2, 0.25) is 0 Å². The summed E-state index contributed by atoms with van der Waals surface area (Å²) in [6, 6.07) is 19.0. The Balaban J connectivity index is 1.72. The highest BCUT2D eigenvalue weighted by molar-refractivity contribution is 6.15. The molecule has 6 aromatic carbocycles. The van der Waals surface area contributed by atoms with Crippen molar-refractivity contribution >= 4 is 45.3 Å². The van der Waals surface area contributed by atoms with Crippen LogP contribution in [0.5, 0.6) is 34.5 Å². The number of phenols is 6. The summed E-state index contributed by atoms with van der Waals surface area (Å²) < 4.78 is 0. The summed E-state index contributed by atoms with van der Waals surface area (Å²) in [7, 11) is 0. The van der Waals surface area contributed by atoms with Crippen molar-refractivity contribution in [1.29, 1.82) is 0 Å². The summed E-state index contributed by atoms with van der Waals surface area (Å²) in [5.41, 5.74) is 6.35. The van der Waals surface area contributed by atoms with Crippen LogP contribution in [-0.2, 0) is 12.8 Å². The van der Waals surface area contributed by atoms with Crippen LogP contribution in [0, 0.1) is 13.8 Å². The fourth-order valence-electron chi connectivity index (χ4n) is 7.76. The standard InChI is InChI=1S/C46H48N2O6/c1-9-27-15-11-13-17-33(27)47-21-31-39-29(35(23(3)4)45(53)41(31)49)19-25(7)37(43(39)51)38-26(8)20-30-36(24(5)6)46(54)42(50)32(40(30)44(38)52)22-48-34-18-14-12-16-28(34)10-2/h11-24,49-54H,9-10H2,1-8H3. The lowest BCUT2D eigenvalue weighted by Crippen LogP contribution is -2.01. The molecule has 6 N–H and O–H groups in total. The van der Waals surface area contributed by atoms with Crippen molar-refractivity contribution in [1.82, 2.24) is 0 Å². The molecule has 0 unspecified atom stereocenters. The monoisotopic (exact) mass is 724 g/mol. The molecule has 6 rings (SSSR count). The van der Waals surface area contributed by atoms with E-state index in [1.165, 1.54) is 12.4 Å². The van der Waals surface area contributed by atoms with Crippen molar-refractivity contribution in [2.45, 2.75) is 80.1 Å². The topological polar surface area (TPSA) is 146 Å². The van der Waals surface area contributed by atoms with Gasteiger partial charge in [-0.3, -0.25) is 9.98 Å². The van der Waals surface area contributed by atoms with Crippen LogP contribution >= 0.6 is 0 Å². The number of aromatic hydroxyl groups is 6. The molecule has 8 nitrogen and oxygen atoms in total. The van der Waals surface area contributed by atoms with Crippen molar-refractivity contribution in [3.63, 3.8) is 0 Å². The van der Waals surface area contributed by atoms with Gasteiger partial charge in [-0.1, -0.05) is 90.1 Å². The zero-order chi connectivity index (χ0) is 39.2. The Kier molecular flexibility index (Phi) is 10.3. The van der Waals surface area contributed by atoms with E-state index in [0.717, 1.165) is 24.0 Å². The summed E-state index contributed by atoms with van der Waals surface area (Å²) in [4.78, 5) is 9.41. The van der Waals surface area contributed by atoms with Gasteiger partial charge in [0.1, 0.15) is 11.5 Å². The number of hydrogen-bond donors (Lipinski definition) is 6. The highest BCUT2D eigenvalue weighted by atomic mass is 16.3. The van der Waals surface area contributed by atoms with Crippen molar-refractivity contribution in [3.05, 3.63) is 105 Å². The smallest absolute Gasteiger partial charge is 0.167 e. The highest BCUT2D eigenvalue weighted by Crippen LogP contribution is 2.54. The zero-order valence-electron chi connectivity index (χ0n) is 32.1. The third-order valence-electron chi connectivity index (χ3n) is 10.4. The van der Waals surface area contributed by atoms with Crippen LogP contribution in [0.2, 0.25) is 0 Å². The minimum atomic E-state index is -0.415. The molecule has 0 radical (unpaired) electrons. The van der Waals surface area contributed by atoms with Gasteiger partial charge in [-0.05, 0) is 83.7 Å². The molecule has 0 saturated heterocycles. The molecule has 6 aromatic rings. The Morgan fingerprint density at radius 1 is 0.519 bits per heavy atom. The minimum Gasteiger partial charge on any atom is -0.507 e. The molecular formula is C46H48N2O6.